The highest BCUT2D eigenvalue weighted by Gasteiger charge is 2.55. The smallest absolute Gasteiger partial charge is 0.394 e. The van der Waals surface area contributed by atoms with Gasteiger partial charge in [-0.25, -0.2) is 0 Å². The van der Waals surface area contributed by atoms with Gasteiger partial charge in [-0.2, -0.15) is 0 Å². The highest BCUT2D eigenvalue weighted by molar-refractivity contribution is 6.58. The molecule has 11 rings (SSSR count). The topological polar surface area (TPSA) is 125 Å². The van der Waals surface area contributed by atoms with E-state index in [4.69, 9.17) is 23.7 Å². The molecule has 1 saturated heterocycles. The fourth-order valence-corrected chi connectivity index (χ4v) is 11.8. The lowest BCUT2D eigenvalue weighted by atomic mass is 9.90. The molecule has 2 bridgehead atoms. The SMILES string of the molecule is CO[C@@H]1[C@H](N(C)CCOCCOCCOCCNC(=O)CCC2=[N+]3C(=Cc4c(C)cc(C)n4[B-]3(F)F)C=C2)C[C@H]2O[C@]1(C)n1c3ccccc3c3c4c(c5c6ccccc6n2c5c31)C(=O)NC4. The van der Waals surface area contributed by atoms with Gasteiger partial charge in [-0.15, -0.1) is 0 Å². The number of para-hydroxylation sites is 2. The molecule has 17 heteroatoms. The van der Waals surface area contributed by atoms with Crippen molar-refractivity contribution in [1.29, 1.82) is 0 Å². The van der Waals surface area contributed by atoms with E-state index in [-0.39, 0.29) is 43.0 Å². The fraction of sp³-hybridized carbons (Fsp3) is 0.420. The second-order valence-corrected chi connectivity index (χ2v) is 18.6. The van der Waals surface area contributed by atoms with Crippen LogP contribution in [0.2, 0.25) is 0 Å². The fourth-order valence-electron chi connectivity index (χ4n) is 11.8. The maximum absolute atomic E-state index is 15.7. The van der Waals surface area contributed by atoms with Crippen molar-refractivity contribution in [3.05, 3.63) is 101 Å². The molecule has 3 aromatic carbocycles. The third kappa shape index (κ3) is 6.83. The van der Waals surface area contributed by atoms with Gasteiger partial charge in [0.1, 0.15) is 18.0 Å². The summed E-state index contributed by atoms with van der Waals surface area (Å²) in [6, 6.07) is 18.5. The molecular formula is C50H56BF2N7O7. The summed E-state index contributed by atoms with van der Waals surface area (Å²) in [5, 5.41) is 10.2. The van der Waals surface area contributed by atoms with Crippen LogP contribution in [-0.2, 0) is 40.7 Å². The summed E-state index contributed by atoms with van der Waals surface area (Å²) in [5.74, 6) is -0.261. The predicted octanol–water partition coefficient (Wildman–Crippen LogP) is 6.73. The lowest BCUT2D eigenvalue weighted by Crippen LogP contribution is -2.60. The van der Waals surface area contributed by atoms with E-state index >= 15 is 8.63 Å². The quantitative estimate of drug-likeness (QED) is 0.0763. The predicted molar refractivity (Wildman–Crippen MR) is 254 cm³/mol. The Kier molecular flexibility index (Phi) is 11.0. The van der Waals surface area contributed by atoms with E-state index in [2.05, 4.69) is 81.1 Å². The number of aryl methyl sites for hydroxylation is 2. The third-order valence-corrected chi connectivity index (χ3v) is 14.7. The van der Waals surface area contributed by atoms with Crippen molar-refractivity contribution in [3.63, 3.8) is 0 Å². The van der Waals surface area contributed by atoms with Gasteiger partial charge >= 0.3 is 6.97 Å². The number of fused-ring (bicyclic) bond motifs is 15. The Bertz CT molecular complexity index is 3120. The maximum Gasteiger partial charge on any atom is 0.737 e. The van der Waals surface area contributed by atoms with Crippen LogP contribution >= 0.6 is 0 Å². The normalized spacial score (nSPS) is 22.4. The first-order valence-corrected chi connectivity index (χ1v) is 23.4. The Balaban J connectivity index is 0.665. The molecule has 5 aliphatic heterocycles. The number of methoxy groups -OCH3 is 1. The lowest BCUT2D eigenvalue weighted by Gasteiger charge is -2.50. The third-order valence-electron chi connectivity index (χ3n) is 14.7. The van der Waals surface area contributed by atoms with E-state index in [0.29, 0.717) is 88.5 Å². The van der Waals surface area contributed by atoms with Crippen molar-refractivity contribution in [2.45, 2.75) is 70.7 Å². The number of rotatable bonds is 17. The molecule has 67 heavy (non-hydrogen) atoms. The molecule has 8 heterocycles. The summed E-state index contributed by atoms with van der Waals surface area (Å²) >= 11 is 0. The van der Waals surface area contributed by atoms with Crippen LogP contribution in [0.25, 0.3) is 49.7 Å². The van der Waals surface area contributed by atoms with Crippen LogP contribution in [0, 0.1) is 13.8 Å². The van der Waals surface area contributed by atoms with E-state index in [1.165, 1.54) is 0 Å². The van der Waals surface area contributed by atoms with Crippen LogP contribution in [0.1, 0.15) is 65.3 Å². The Morgan fingerprint density at radius 2 is 1.67 bits per heavy atom. The highest BCUT2D eigenvalue weighted by atomic mass is 19.2. The van der Waals surface area contributed by atoms with Crippen LogP contribution < -0.4 is 10.6 Å². The number of allylic oxidation sites excluding steroid dienone is 2. The highest BCUT2D eigenvalue weighted by Crippen LogP contribution is 2.54. The Morgan fingerprint density at radius 3 is 2.43 bits per heavy atom. The number of benzene rings is 3. The monoisotopic (exact) mass is 915 g/mol. The van der Waals surface area contributed by atoms with Crippen molar-refractivity contribution in [2.24, 2.45) is 0 Å². The minimum absolute atomic E-state index is 0.0398. The summed E-state index contributed by atoms with van der Waals surface area (Å²) in [5.41, 5.74) is 7.78. The number of carbonyl (C=O) groups is 2. The molecule has 0 radical (unpaired) electrons. The summed E-state index contributed by atoms with van der Waals surface area (Å²) in [7, 11) is 3.88. The average molecular weight is 916 g/mol. The van der Waals surface area contributed by atoms with Crippen LogP contribution in [0.5, 0.6) is 0 Å². The molecule has 350 valence electrons. The Labute approximate surface area is 386 Å². The van der Waals surface area contributed by atoms with Crippen molar-refractivity contribution in [3.8, 4) is 0 Å². The van der Waals surface area contributed by atoms with Gasteiger partial charge in [-0.3, -0.25) is 14.5 Å². The molecule has 6 aromatic rings. The summed E-state index contributed by atoms with van der Waals surface area (Å²) < 4.78 is 69.6. The molecule has 14 nitrogen and oxygen atoms in total. The zero-order valence-corrected chi connectivity index (χ0v) is 38.6. The molecule has 2 amide bonds. The number of nitrogens with zero attached hydrogens (tertiary/aromatic N) is 5. The van der Waals surface area contributed by atoms with Gasteiger partial charge in [-0.05, 0) is 62.8 Å². The molecule has 1 fully saturated rings. The van der Waals surface area contributed by atoms with Crippen LogP contribution in [0.15, 0.2) is 72.4 Å². The first-order chi connectivity index (χ1) is 32.4. The number of likely N-dealkylation sites (N-methyl/N-ethyl adjacent to an activating group) is 1. The standard InChI is InChI=1S/C50H56BF2N7O7/c1-30-26-31(2)59-39(30)27-33-15-14-32(60(33)51(59,52)53)16-17-41(61)54-18-20-64-22-24-66-25-23-65-21-19-56(4)40-28-42-57-37-12-8-6-10-34(37)44-45-36(29-55-49(45)62)43-35-11-7-9-13-38(35)58(47(43)46(44)57)50(3,67-42)48(40)63-5/h6-15,26-27,40,42,48H,16-25,28-29H2,1-5H3,(H,54,61)(H,55,62)/t40-,42-,48-,50+/m1/s1. The number of ether oxygens (including phenoxy) is 5. The minimum atomic E-state index is -4.05. The van der Waals surface area contributed by atoms with Gasteiger partial charge in [0, 0.05) is 97.5 Å². The van der Waals surface area contributed by atoms with Crippen LogP contribution in [0.4, 0.5) is 8.63 Å². The largest absolute Gasteiger partial charge is 0.737 e. The van der Waals surface area contributed by atoms with E-state index in [1.54, 1.807) is 38.3 Å². The van der Waals surface area contributed by atoms with Gasteiger partial charge in [0.2, 0.25) is 5.91 Å². The molecule has 5 aliphatic rings. The van der Waals surface area contributed by atoms with Gasteiger partial charge in [-0.1, -0.05) is 36.4 Å². The van der Waals surface area contributed by atoms with Gasteiger partial charge in [0.15, 0.2) is 11.4 Å². The second-order valence-electron chi connectivity index (χ2n) is 18.6. The van der Waals surface area contributed by atoms with Crippen LogP contribution in [0.3, 0.4) is 0 Å². The molecule has 0 aliphatic carbocycles. The number of nitrogens with one attached hydrogen (secondary N) is 2. The number of hydrogen-bond acceptors (Lipinski definition) is 8. The Morgan fingerprint density at radius 1 is 0.970 bits per heavy atom. The molecule has 4 atom stereocenters. The number of halogens is 2. The molecule has 0 spiro atoms. The number of carbonyl (C=O) groups excluding carboxylic acids is 2. The van der Waals surface area contributed by atoms with Gasteiger partial charge < -0.3 is 61.0 Å². The summed E-state index contributed by atoms with van der Waals surface area (Å²) in [4.78, 5) is 28.6. The second kappa shape index (κ2) is 16.8. The average Bonchev–Trinajstić information content (AvgIpc) is 4.12. The minimum Gasteiger partial charge on any atom is -0.394 e. The molecule has 3 aromatic heterocycles. The summed E-state index contributed by atoms with van der Waals surface area (Å²) in [6.07, 6.45) is 5.42. The van der Waals surface area contributed by atoms with Crippen molar-refractivity contribution < 1.29 is 46.4 Å². The first-order valence-electron chi connectivity index (χ1n) is 23.4. The van der Waals surface area contributed by atoms with E-state index in [9.17, 15) is 9.59 Å². The van der Waals surface area contributed by atoms with E-state index < -0.39 is 12.7 Å². The van der Waals surface area contributed by atoms with E-state index in [1.807, 2.05) is 13.0 Å². The van der Waals surface area contributed by atoms with Gasteiger partial charge in [0.05, 0.1) is 67.3 Å². The van der Waals surface area contributed by atoms with E-state index in [0.717, 1.165) is 69.3 Å². The zero-order valence-electron chi connectivity index (χ0n) is 38.6. The maximum atomic E-state index is 15.7. The number of hydrogen-bond donors (Lipinski definition) is 2. The van der Waals surface area contributed by atoms with Crippen molar-refractivity contribution >= 4 is 74.2 Å². The van der Waals surface area contributed by atoms with Gasteiger partial charge in [0.25, 0.3) is 5.91 Å². The summed E-state index contributed by atoms with van der Waals surface area (Å²) in [6.45, 7) is 5.41. The first kappa shape index (κ1) is 43.9. The number of aromatic nitrogens is 3. The molecular weight excluding hydrogens is 859 g/mol. The molecule has 0 unspecified atom stereocenters. The van der Waals surface area contributed by atoms with Crippen molar-refractivity contribution in [2.75, 3.05) is 66.9 Å². The molecule has 2 N–H and O–H groups in total. The van der Waals surface area contributed by atoms with Crippen molar-refractivity contribution in [1.82, 2.24) is 29.1 Å². The lowest BCUT2D eigenvalue weighted by molar-refractivity contribution is -0.362. The Hall–Kier alpha value is -5.69. The van der Waals surface area contributed by atoms with Crippen LogP contribution in [-0.4, -0.2) is 127 Å². The number of amides is 2. The molecule has 0 saturated carbocycles. The zero-order chi connectivity index (χ0) is 46.4.